The fourth-order valence-corrected chi connectivity index (χ4v) is 7.33. The summed E-state index contributed by atoms with van der Waals surface area (Å²) in [5.41, 5.74) is 6.93. The molecular formula is C32H40N4O3S. The van der Waals surface area contributed by atoms with Crippen LogP contribution < -0.4 is 9.64 Å². The average Bonchev–Trinajstić information content (AvgIpc) is 3.63. The number of carbonyl (C=O) groups is 1. The van der Waals surface area contributed by atoms with Crippen LogP contribution in [0.4, 0.5) is 5.13 Å². The van der Waals surface area contributed by atoms with Gasteiger partial charge in [-0.15, -0.1) is 11.3 Å². The minimum Gasteiger partial charge on any atom is -0.488 e. The van der Waals surface area contributed by atoms with E-state index < -0.39 is 5.97 Å². The molecule has 212 valence electrons. The second kappa shape index (κ2) is 11.9. The van der Waals surface area contributed by atoms with Crippen LogP contribution in [0.5, 0.6) is 5.75 Å². The molecule has 0 spiro atoms. The lowest BCUT2D eigenvalue weighted by Gasteiger charge is -2.37. The molecular weight excluding hydrogens is 520 g/mol. The molecule has 1 N–H and O–H groups in total. The fourth-order valence-electron chi connectivity index (χ4n) is 6.45. The summed E-state index contributed by atoms with van der Waals surface area (Å²) in [7, 11) is 0. The predicted molar refractivity (Wildman–Crippen MR) is 160 cm³/mol. The van der Waals surface area contributed by atoms with Crippen LogP contribution in [0, 0.1) is 19.8 Å². The van der Waals surface area contributed by atoms with Gasteiger partial charge in [-0.05, 0) is 74.9 Å². The molecule has 40 heavy (non-hydrogen) atoms. The van der Waals surface area contributed by atoms with Gasteiger partial charge < -0.3 is 14.7 Å². The van der Waals surface area contributed by atoms with Crippen LogP contribution in [-0.2, 0) is 17.9 Å². The Labute approximate surface area is 241 Å². The van der Waals surface area contributed by atoms with Crippen molar-refractivity contribution in [3.8, 4) is 17.0 Å². The monoisotopic (exact) mass is 560 g/mol. The Morgan fingerprint density at radius 3 is 2.70 bits per heavy atom. The molecule has 3 aromatic rings. The first kappa shape index (κ1) is 27.2. The topological polar surface area (TPSA) is 69.1 Å². The van der Waals surface area contributed by atoms with Crippen LogP contribution in [0.2, 0.25) is 0 Å². The van der Waals surface area contributed by atoms with Gasteiger partial charge in [0.1, 0.15) is 12.4 Å². The predicted octanol–water partition coefficient (Wildman–Crippen LogP) is 5.59. The molecule has 0 aliphatic carbocycles. The SMILES string of the molecule is Cc1ccc(OCc2ccc(CN3CCN4CCCC4C3)cc2C)c(-c2csc(N3CCC(C(=O)O)CC3)n2)c1. The lowest BCUT2D eigenvalue weighted by molar-refractivity contribution is -0.142. The molecule has 1 unspecified atom stereocenters. The van der Waals surface area contributed by atoms with Crippen molar-refractivity contribution in [2.75, 3.05) is 44.2 Å². The number of thiazole rings is 1. The number of aryl methyl sites for hydroxylation is 2. The molecule has 4 heterocycles. The summed E-state index contributed by atoms with van der Waals surface area (Å²) in [6, 6.07) is 13.9. The fraction of sp³-hybridized carbons (Fsp3) is 0.500. The van der Waals surface area contributed by atoms with Gasteiger partial charge in [0.15, 0.2) is 5.13 Å². The number of hydrogen-bond donors (Lipinski definition) is 1. The number of aromatic nitrogens is 1. The molecule has 7 nitrogen and oxygen atoms in total. The Kier molecular flexibility index (Phi) is 8.10. The second-order valence-corrected chi connectivity index (χ2v) is 12.6. The molecule has 3 fully saturated rings. The van der Waals surface area contributed by atoms with E-state index in [1.807, 2.05) is 0 Å². The highest BCUT2D eigenvalue weighted by Gasteiger charge is 2.30. The first-order valence-electron chi connectivity index (χ1n) is 14.6. The summed E-state index contributed by atoms with van der Waals surface area (Å²) in [5, 5.41) is 12.4. The summed E-state index contributed by atoms with van der Waals surface area (Å²) < 4.78 is 6.42. The van der Waals surface area contributed by atoms with Gasteiger partial charge in [-0.3, -0.25) is 14.6 Å². The number of piperidine rings is 1. The van der Waals surface area contributed by atoms with Crippen molar-refractivity contribution in [1.82, 2.24) is 14.8 Å². The van der Waals surface area contributed by atoms with E-state index in [0.29, 0.717) is 19.4 Å². The molecule has 1 aromatic heterocycles. The standard InChI is InChI=1S/C32H40N4O3S/c1-22-5-8-30(28(16-22)29-21-40-32(33-29)36-12-9-25(10-13-36)31(37)38)39-20-26-7-6-24(17-23(26)2)18-34-14-15-35-11-3-4-27(35)19-34/h5-8,16-17,21,25,27H,3-4,9-15,18-20H2,1-2H3,(H,37,38). The number of carboxylic acids is 1. The first-order valence-corrected chi connectivity index (χ1v) is 15.5. The number of anilines is 1. The zero-order valence-electron chi connectivity index (χ0n) is 23.6. The summed E-state index contributed by atoms with van der Waals surface area (Å²) in [5.74, 6) is -0.0918. The number of fused-ring (bicyclic) bond motifs is 1. The Morgan fingerprint density at radius 1 is 1.05 bits per heavy atom. The molecule has 0 radical (unpaired) electrons. The molecule has 8 heteroatoms. The highest BCUT2D eigenvalue weighted by Crippen LogP contribution is 2.36. The molecule has 0 saturated carbocycles. The van der Waals surface area contributed by atoms with Crippen LogP contribution in [0.1, 0.15) is 47.9 Å². The van der Waals surface area contributed by atoms with Crippen molar-refractivity contribution >= 4 is 22.4 Å². The Balaban J connectivity index is 1.10. The number of piperazine rings is 1. The van der Waals surface area contributed by atoms with E-state index in [9.17, 15) is 9.90 Å². The molecule has 1 atom stereocenters. The number of ether oxygens (including phenoxy) is 1. The molecule has 3 aliphatic heterocycles. The zero-order valence-corrected chi connectivity index (χ0v) is 24.5. The van der Waals surface area contributed by atoms with Gasteiger partial charge >= 0.3 is 5.97 Å². The third-order valence-electron chi connectivity index (χ3n) is 8.89. The van der Waals surface area contributed by atoms with Crippen molar-refractivity contribution in [2.24, 2.45) is 5.92 Å². The molecule has 3 saturated heterocycles. The Morgan fingerprint density at radius 2 is 1.90 bits per heavy atom. The third kappa shape index (κ3) is 6.04. The highest BCUT2D eigenvalue weighted by atomic mass is 32.1. The van der Waals surface area contributed by atoms with Gasteiger partial charge in [-0.25, -0.2) is 4.98 Å². The second-order valence-electron chi connectivity index (χ2n) is 11.7. The molecule has 2 aromatic carbocycles. The van der Waals surface area contributed by atoms with Gasteiger partial charge in [-0.1, -0.05) is 29.8 Å². The van der Waals surface area contributed by atoms with Gasteiger partial charge in [0.25, 0.3) is 0 Å². The van der Waals surface area contributed by atoms with Crippen molar-refractivity contribution < 1.29 is 14.6 Å². The summed E-state index contributed by atoms with van der Waals surface area (Å²) >= 11 is 1.62. The number of carboxylic acid groups (broad SMARTS) is 1. The van der Waals surface area contributed by atoms with E-state index in [4.69, 9.17) is 9.72 Å². The number of rotatable bonds is 8. The summed E-state index contributed by atoms with van der Waals surface area (Å²) in [4.78, 5) is 23.8. The van der Waals surface area contributed by atoms with E-state index in [2.05, 4.69) is 70.3 Å². The first-order chi connectivity index (χ1) is 19.4. The summed E-state index contributed by atoms with van der Waals surface area (Å²) in [6.45, 7) is 12.1. The molecule has 0 bridgehead atoms. The van der Waals surface area contributed by atoms with Gasteiger partial charge in [0, 0.05) is 56.3 Å². The van der Waals surface area contributed by atoms with E-state index in [-0.39, 0.29) is 5.92 Å². The van der Waals surface area contributed by atoms with Crippen LogP contribution >= 0.6 is 11.3 Å². The maximum atomic E-state index is 11.3. The Hall–Kier alpha value is -2.94. The van der Waals surface area contributed by atoms with Crippen LogP contribution in [-0.4, -0.2) is 71.2 Å². The number of benzene rings is 2. The summed E-state index contributed by atoms with van der Waals surface area (Å²) in [6.07, 6.45) is 4.03. The number of hydrogen-bond acceptors (Lipinski definition) is 7. The van der Waals surface area contributed by atoms with E-state index in [1.165, 1.54) is 49.2 Å². The van der Waals surface area contributed by atoms with Gasteiger partial charge in [0.2, 0.25) is 0 Å². The smallest absolute Gasteiger partial charge is 0.306 e. The average molecular weight is 561 g/mol. The molecule has 6 rings (SSSR count). The minimum absolute atomic E-state index is 0.243. The van der Waals surface area contributed by atoms with Gasteiger partial charge in [0.05, 0.1) is 11.6 Å². The maximum Gasteiger partial charge on any atom is 0.306 e. The molecule has 0 amide bonds. The quantitative estimate of drug-likeness (QED) is 0.385. The number of aliphatic carboxylic acids is 1. The van der Waals surface area contributed by atoms with Crippen molar-refractivity contribution in [2.45, 2.75) is 58.7 Å². The zero-order chi connectivity index (χ0) is 27.6. The van der Waals surface area contributed by atoms with Crippen LogP contribution in [0.3, 0.4) is 0 Å². The van der Waals surface area contributed by atoms with Crippen molar-refractivity contribution in [3.63, 3.8) is 0 Å². The lowest BCUT2D eigenvalue weighted by Crippen LogP contribution is -2.49. The third-order valence-corrected chi connectivity index (χ3v) is 9.79. The molecule has 3 aliphatic rings. The highest BCUT2D eigenvalue weighted by molar-refractivity contribution is 7.14. The van der Waals surface area contributed by atoms with E-state index >= 15 is 0 Å². The maximum absolute atomic E-state index is 11.3. The van der Waals surface area contributed by atoms with Crippen molar-refractivity contribution in [3.05, 3.63) is 64.0 Å². The Bertz CT molecular complexity index is 1350. The number of nitrogens with zero attached hydrogens (tertiary/aromatic N) is 4. The van der Waals surface area contributed by atoms with E-state index in [1.54, 1.807) is 11.3 Å². The van der Waals surface area contributed by atoms with Crippen LogP contribution in [0.25, 0.3) is 11.3 Å². The van der Waals surface area contributed by atoms with Gasteiger partial charge in [-0.2, -0.15) is 0 Å². The van der Waals surface area contributed by atoms with Crippen LogP contribution in [0.15, 0.2) is 41.8 Å². The largest absolute Gasteiger partial charge is 0.488 e. The normalized spacial score (nSPS) is 20.6. The minimum atomic E-state index is -0.687. The van der Waals surface area contributed by atoms with E-state index in [0.717, 1.165) is 59.9 Å². The van der Waals surface area contributed by atoms with Crippen molar-refractivity contribution in [1.29, 1.82) is 0 Å². The lowest BCUT2D eigenvalue weighted by atomic mass is 9.97.